The molecule has 1 atom stereocenters. The minimum Gasteiger partial charge on any atom is -0.364 e. The van der Waals surface area contributed by atoms with Crippen LogP contribution in [0.1, 0.15) is 17.3 Å². The lowest BCUT2D eigenvalue weighted by atomic mass is 10.0. The largest absolute Gasteiger partial charge is 0.364 e. The summed E-state index contributed by atoms with van der Waals surface area (Å²) in [6.45, 7) is 2.24. The van der Waals surface area contributed by atoms with Gasteiger partial charge in [-0.15, -0.1) is 0 Å². The number of amides is 1. The number of nitrogens with one attached hydrogen (secondary N) is 1. The molecule has 0 bridgehead atoms. The third-order valence-electron chi connectivity index (χ3n) is 3.46. The van der Waals surface area contributed by atoms with Crippen LogP contribution in [0, 0.1) is 0 Å². The lowest BCUT2D eigenvalue weighted by molar-refractivity contribution is -0.133. The average Bonchev–Trinajstić information content (AvgIpc) is 3.01. The Balaban J connectivity index is 1.77. The van der Waals surface area contributed by atoms with Gasteiger partial charge in [0, 0.05) is 38.1 Å². The summed E-state index contributed by atoms with van der Waals surface area (Å²) in [7, 11) is 0. The summed E-state index contributed by atoms with van der Waals surface area (Å²) < 4.78 is 4.77. The number of carbonyl (C=O) groups is 1. The summed E-state index contributed by atoms with van der Waals surface area (Å²) >= 11 is 0. The normalized spacial score (nSPS) is 19.0. The minimum atomic E-state index is 0.0249. The molecule has 2 aromatic heterocycles. The Hall–Kier alpha value is -2.21. The van der Waals surface area contributed by atoms with Gasteiger partial charge in [0.05, 0.1) is 18.2 Å². The Labute approximate surface area is 116 Å². The van der Waals surface area contributed by atoms with Crippen LogP contribution in [-0.2, 0) is 11.2 Å². The Bertz CT molecular complexity index is 556. The van der Waals surface area contributed by atoms with Gasteiger partial charge in [-0.3, -0.25) is 9.78 Å². The SMILES string of the molecule is O=C(Cc1ccon1)N1CCNCC1c1cccnc1. The molecule has 1 aliphatic heterocycles. The molecule has 1 aliphatic rings. The van der Waals surface area contributed by atoms with Crippen molar-refractivity contribution in [1.29, 1.82) is 0 Å². The van der Waals surface area contributed by atoms with Gasteiger partial charge in [0.25, 0.3) is 0 Å². The Morgan fingerprint density at radius 2 is 2.45 bits per heavy atom. The summed E-state index contributed by atoms with van der Waals surface area (Å²) in [4.78, 5) is 18.5. The lowest BCUT2D eigenvalue weighted by Crippen LogP contribution is -2.49. The molecular weight excluding hydrogens is 256 g/mol. The van der Waals surface area contributed by atoms with Gasteiger partial charge in [0.15, 0.2) is 0 Å². The highest BCUT2D eigenvalue weighted by Crippen LogP contribution is 2.22. The summed E-state index contributed by atoms with van der Waals surface area (Å²) in [6, 6.07) is 5.64. The van der Waals surface area contributed by atoms with Crippen molar-refractivity contribution >= 4 is 5.91 Å². The van der Waals surface area contributed by atoms with Crippen LogP contribution in [0.25, 0.3) is 0 Å². The first kappa shape index (κ1) is 12.8. The fraction of sp³-hybridized carbons (Fsp3) is 0.357. The summed E-state index contributed by atoms with van der Waals surface area (Å²) in [5.41, 5.74) is 1.71. The molecule has 0 saturated carbocycles. The highest BCUT2D eigenvalue weighted by atomic mass is 16.5. The van der Waals surface area contributed by atoms with E-state index in [0.29, 0.717) is 12.2 Å². The maximum absolute atomic E-state index is 12.4. The standard InChI is InChI=1S/C14H16N4O2/c19-14(8-12-3-7-20-17-12)18-6-5-16-10-13(18)11-2-1-4-15-9-11/h1-4,7,9,13,16H,5-6,8,10H2. The first-order chi connectivity index (χ1) is 9.84. The van der Waals surface area contributed by atoms with Crippen molar-refractivity contribution in [2.24, 2.45) is 0 Å². The predicted octanol–water partition coefficient (Wildman–Crippen LogP) is 0.785. The first-order valence-electron chi connectivity index (χ1n) is 6.64. The monoisotopic (exact) mass is 272 g/mol. The molecule has 20 heavy (non-hydrogen) atoms. The minimum absolute atomic E-state index is 0.0249. The van der Waals surface area contributed by atoms with E-state index in [1.165, 1.54) is 6.26 Å². The maximum Gasteiger partial charge on any atom is 0.229 e. The van der Waals surface area contributed by atoms with Crippen molar-refractivity contribution < 1.29 is 9.32 Å². The molecule has 3 rings (SSSR count). The molecule has 0 spiro atoms. The number of hydrogen-bond acceptors (Lipinski definition) is 5. The van der Waals surface area contributed by atoms with E-state index >= 15 is 0 Å². The molecule has 0 radical (unpaired) electrons. The molecule has 1 amide bonds. The number of aromatic nitrogens is 2. The highest BCUT2D eigenvalue weighted by molar-refractivity contribution is 5.79. The number of rotatable bonds is 3. The van der Waals surface area contributed by atoms with Gasteiger partial charge in [-0.25, -0.2) is 0 Å². The molecule has 2 aromatic rings. The fourth-order valence-electron chi connectivity index (χ4n) is 2.46. The van der Waals surface area contributed by atoms with Gasteiger partial charge in [0.2, 0.25) is 5.91 Å². The van der Waals surface area contributed by atoms with Crippen molar-refractivity contribution in [3.8, 4) is 0 Å². The van der Waals surface area contributed by atoms with Gasteiger partial charge in [0.1, 0.15) is 6.26 Å². The van der Waals surface area contributed by atoms with Crippen LogP contribution < -0.4 is 5.32 Å². The second-order valence-corrected chi connectivity index (χ2v) is 4.76. The molecule has 6 nitrogen and oxygen atoms in total. The number of hydrogen-bond donors (Lipinski definition) is 1. The second kappa shape index (κ2) is 5.83. The van der Waals surface area contributed by atoms with Crippen molar-refractivity contribution in [1.82, 2.24) is 20.4 Å². The number of nitrogens with zero attached hydrogens (tertiary/aromatic N) is 3. The van der Waals surface area contributed by atoms with Crippen LogP contribution in [0.15, 0.2) is 41.4 Å². The third kappa shape index (κ3) is 2.70. The topological polar surface area (TPSA) is 71.3 Å². The number of pyridine rings is 1. The van der Waals surface area contributed by atoms with Gasteiger partial charge >= 0.3 is 0 Å². The van der Waals surface area contributed by atoms with Crippen LogP contribution in [0.5, 0.6) is 0 Å². The van der Waals surface area contributed by atoms with Crippen molar-refractivity contribution in [2.45, 2.75) is 12.5 Å². The van der Waals surface area contributed by atoms with E-state index in [2.05, 4.69) is 15.5 Å². The van der Waals surface area contributed by atoms with Gasteiger partial charge in [-0.1, -0.05) is 11.2 Å². The molecular formula is C14H16N4O2. The van der Waals surface area contributed by atoms with Gasteiger partial charge in [-0.2, -0.15) is 0 Å². The highest BCUT2D eigenvalue weighted by Gasteiger charge is 2.28. The van der Waals surface area contributed by atoms with Crippen LogP contribution in [0.4, 0.5) is 0 Å². The summed E-state index contributed by atoms with van der Waals surface area (Å²) in [5.74, 6) is 0.0641. The zero-order valence-corrected chi connectivity index (χ0v) is 11.0. The van der Waals surface area contributed by atoms with Crippen LogP contribution in [-0.4, -0.2) is 40.6 Å². The Morgan fingerprint density at radius 3 is 3.20 bits per heavy atom. The molecule has 104 valence electrons. The molecule has 0 aliphatic carbocycles. The second-order valence-electron chi connectivity index (χ2n) is 4.76. The van der Waals surface area contributed by atoms with E-state index < -0.39 is 0 Å². The van der Waals surface area contributed by atoms with E-state index in [4.69, 9.17) is 4.52 Å². The van der Waals surface area contributed by atoms with E-state index in [1.54, 1.807) is 12.3 Å². The molecule has 1 saturated heterocycles. The summed E-state index contributed by atoms with van der Waals surface area (Å²) in [6.07, 6.45) is 5.31. The maximum atomic E-state index is 12.4. The fourth-order valence-corrected chi connectivity index (χ4v) is 2.46. The molecule has 3 heterocycles. The number of carbonyl (C=O) groups excluding carboxylic acids is 1. The number of piperazine rings is 1. The van der Waals surface area contributed by atoms with Crippen molar-refractivity contribution in [3.63, 3.8) is 0 Å². The van der Waals surface area contributed by atoms with Crippen LogP contribution >= 0.6 is 0 Å². The summed E-state index contributed by atoms with van der Waals surface area (Å²) in [5, 5.41) is 7.12. The molecule has 1 fully saturated rings. The quantitative estimate of drug-likeness (QED) is 0.894. The van der Waals surface area contributed by atoms with E-state index in [-0.39, 0.29) is 18.4 Å². The van der Waals surface area contributed by atoms with Gasteiger partial charge < -0.3 is 14.7 Å². The van der Waals surface area contributed by atoms with Crippen LogP contribution in [0.2, 0.25) is 0 Å². The molecule has 6 heteroatoms. The Morgan fingerprint density at radius 1 is 1.50 bits per heavy atom. The average molecular weight is 272 g/mol. The molecule has 0 aromatic carbocycles. The molecule has 1 unspecified atom stereocenters. The van der Waals surface area contributed by atoms with Gasteiger partial charge in [-0.05, 0) is 11.6 Å². The smallest absolute Gasteiger partial charge is 0.229 e. The predicted molar refractivity (Wildman–Crippen MR) is 71.8 cm³/mol. The van der Waals surface area contributed by atoms with Crippen molar-refractivity contribution in [3.05, 3.63) is 48.1 Å². The third-order valence-corrected chi connectivity index (χ3v) is 3.46. The van der Waals surface area contributed by atoms with E-state index in [9.17, 15) is 4.79 Å². The first-order valence-corrected chi connectivity index (χ1v) is 6.64. The zero-order valence-electron chi connectivity index (χ0n) is 11.0. The van der Waals surface area contributed by atoms with Crippen LogP contribution in [0.3, 0.4) is 0 Å². The zero-order chi connectivity index (χ0) is 13.8. The Kier molecular flexibility index (Phi) is 3.73. The molecule has 1 N–H and O–H groups in total. The van der Waals surface area contributed by atoms with E-state index in [1.807, 2.05) is 23.2 Å². The lowest BCUT2D eigenvalue weighted by Gasteiger charge is -2.36. The van der Waals surface area contributed by atoms with E-state index in [0.717, 1.165) is 18.7 Å². The van der Waals surface area contributed by atoms with Crippen molar-refractivity contribution in [2.75, 3.05) is 19.6 Å².